The molecule has 0 saturated carbocycles. The van der Waals surface area contributed by atoms with Crippen LogP contribution in [0.15, 0.2) is 12.1 Å². The minimum atomic E-state index is -3.21. The van der Waals surface area contributed by atoms with Gasteiger partial charge in [0, 0.05) is 25.6 Å². The number of rotatable bonds is 5. The van der Waals surface area contributed by atoms with E-state index < -0.39 is 10.0 Å². The maximum Gasteiger partial charge on any atom is 0.232 e. The summed E-state index contributed by atoms with van der Waals surface area (Å²) in [5.74, 6) is -0.161. The van der Waals surface area contributed by atoms with E-state index in [1.165, 1.54) is 10.6 Å². The highest BCUT2D eigenvalue weighted by molar-refractivity contribution is 7.88. The lowest BCUT2D eigenvalue weighted by atomic mass is 9.96. The van der Waals surface area contributed by atoms with Crippen LogP contribution in [0, 0.1) is 19.8 Å². The summed E-state index contributed by atoms with van der Waals surface area (Å²) >= 11 is 1.56. The van der Waals surface area contributed by atoms with E-state index in [0.29, 0.717) is 37.6 Å². The fourth-order valence-corrected chi connectivity index (χ4v) is 6.27. The number of hydrogen-bond donors (Lipinski definition) is 0. The first-order valence-corrected chi connectivity index (χ1v) is 13.2. The van der Waals surface area contributed by atoms with E-state index in [2.05, 4.69) is 19.1 Å². The summed E-state index contributed by atoms with van der Waals surface area (Å²) in [7, 11) is -3.21. The third-order valence-electron chi connectivity index (χ3n) is 6.11. The number of carbonyl (C=O) groups excluding carboxylic acids is 1. The van der Waals surface area contributed by atoms with Gasteiger partial charge in [0.2, 0.25) is 15.9 Å². The zero-order chi connectivity index (χ0) is 21.5. The van der Waals surface area contributed by atoms with Crippen molar-refractivity contribution in [1.29, 1.82) is 0 Å². The first-order chi connectivity index (χ1) is 14.2. The lowest BCUT2D eigenvalue weighted by Crippen LogP contribution is -2.46. The molecular weight excluding hydrogens is 422 g/mol. The predicted molar refractivity (Wildman–Crippen MR) is 120 cm³/mol. The number of aromatic nitrogens is 1. The molecule has 0 spiro atoms. The van der Waals surface area contributed by atoms with Crippen LogP contribution in [0.2, 0.25) is 0 Å². The van der Waals surface area contributed by atoms with Crippen LogP contribution in [0.4, 0.5) is 5.13 Å². The molecule has 0 aliphatic carbocycles. The molecule has 1 aromatic carbocycles. The highest BCUT2D eigenvalue weighted by Crippen LogP contribution is 2.35. The van der Waals surface area contributed by atoms with E-state index in [4.69, 9.17) is 9.72 Å². The van der Waals surface area contributed by atoms with Crippen molar-refractivity contribution < 1.29 is 17.9 Å². The first kappa shape index (κ1) is 21.7. The SMILES string of the molecule is Cc1ccc(C)c2sc(N(CC3CCCO3)C(=O)C3CCN(S(C)(=O)=O)CC3)nc12. The fourth-order valence-electron chi connectivity index (χ4n) is 4.27. The van der Waals surface area contributed by atoms with Crippen molar-refractivity contribution in [3.63, 3.8) is 0 Å². The molecule has 2 aliphatic heterocycles. The second kappa shape index (κ2) is 8.53. The zero-order valence-electron chi connectivity index (χ0n) is 17.8. The van der Waals surface area contributed by atoms with Crippen molar-refractivity contribution in [2.75, 3.05) is 37.4 Å². The number of aryl methyl sites for hydroxylation is 2. The topological polar surface area (TPSA) is 79.8 Å². The number of anilines is 1. The monoisotopic (exact) mass is 451 g/mol. The van der Waals surface area contributed by atoms with Crippen LogP contribution < -0.4 is 4.90 Å². The van der Waals surface area contributed by atoms with Gasteiger partial charge in [-0.05, 0) is 50.7 Å². The summed E-state index contributed by atoms with van der Waals surface area (Å²) in [5.41, 5.74) is 3.21. The van der Waals surface area contributed by atoms with E-state index >= 15 is 0 Å². The van der Waals surface area contributed by atoms with Gasteiger partial charge in [0.25, 0.3) is 0 Å². The van der Waals surface area contributed by atoms with Crippen LogP contribution in [-0.4, -0.2) is 62.2 Å². The Hall–Kier alpha value is -1.55. The second-order valence-corrected chi connectivity index (χ2v) is 11.4. The number of ether oxygens (including phenoxy) is 1. The Morgan fingerprint density at radius 1 is 1.23 bits per heavy atom. The highest BCUT2D eigenvalue weighted by Gasteiger charge is 2.34. The molecular formula is C21H29N3O4S2. The van der Waals surface area contributed by atoms with Crippen LogP contribution in [-0.2, 0) is 19.6 Å². The van der Waals surface area contributed by atoms with Crippen LogP contribution in [0.3, 0.4) is 0 Å². The number of fused-ring (bicyclic) bond motifs is 1. The molecule has 2 fully saturated rings. The molecule has 1 atom stereocenters. The molecule has 9 heteroatoms. The summed E-state index contributed by atoms with van der Waals surface area (Å²) in [6.07, 6.45) is 4.29. The Labute approximate surface area is 182 Å². The fraction of sp³-hybridized carbons (Fsp3) is 0.619. The predicted octanol–water partition coefficient (Wildman–Crippen LogP) is 3.10. The number of benzene rings is 1. The average Bonchev–Trinajstić information content (AvgIpc) is 3.38. The summed E-state index contributed by atoms with van der Waals surface area (Å²) < 4.78 is 32.0. The Morgan fingerprint density at radius 3 is 2.53 bits per heavy atom. The van der Waals surface area contributed by atoms with Gasteiger partial charge in [-0.15, -0.1) is 0 Å². The lowest BCUT2D eigenvalue weighted by Gasteiger charge is -2.33. The van der Waals surface area contributed by atoms with Gasteiger partial charge in [-0.1, -0.05) is 23.5 Å². The van der Waals surface area contributed by atoms with E-state index in [-0.39, 0.29) is 17.9 Å². The average molecular weight is 452 g/mol. The summed E-state index contributed by atoms with van der Waals surface area (Å²) in [6, 6.07) is 4.15. The standard InChI is InChI=1S/C21H29N3O4S2/c1-14-6-7-15(2)19-18(14)22-21(29-19)24(13-17-5-4-12-28-17)20(25)16-8-10-23(11-9-16)30(3,26)27/h6-7,16-17H,4-5,8-13H2,1-3H3. The number of piperidine rings is 1. The molecule has 7 nitrogen and oxygen atoms in total. The number of nitrogens with zero attached hydrogens (tertiary/aromatic N) is 3. The summed E-state index contributed by atoms with van der Waals surface area (Å²) in [6.45, 7) is 6.12. The summed E-state index contributed by atoms with van der Waals surface area (Å²) in [5, 5.41) is 0.716. The molecule has 0 N–H and O–H groups in total. The van der Waals surface area contributed by atoms with Gasteiger partial charge >= 0.3 is 0 Å². The molecule has 164 valence electrons. The first-order valence-electron chi connectivity index (χ1n) is 10.5. The van der Waals surface area contributed by atoms with Crippen LogP contribution in [0.1, 0.15) is 36.8 Å². The lowest BCUT2D eigenvalue weighted by molar-refractivity contribution is -0.123. The van der Waals surface area contributed by atoms with Gasteiger partial charge in [-0.2, -0.15) is 0 Å². The molecule has 2 saturated heterocycles. The molecule has 30 heavy (non-hydrogen) atoms. The number of sulfonamides is 1. The molecule has 2 aromatic rings. The minimum absolute atomic E-state index is 0.0271. The molecule has 1 amide bonds. The minimum Gasteiger partial charge on any atom is -0.376 e. The van der Waals surface area contributed by atoms with Gasteiger partial charge in [0.15, 0.2) is 5.13 Å². The van der Waals surface area contributed by atoms with Crippen molar-refractivity contribution in [2.24, 2.45) is 5.92 Å². The number of amides is 1. The van der Waals surface area contributed by atoms with Gasteiger partial charge in [-0.3, -0.25) is 9.69 Å². The van der Waals surface area contributed by atoms with Gasteiger partial charge in [-0.25, -0.2) is 17.7 Å². The Morgan fingerprint density at radius 2 is 1.93 bits per heavy atom. The van der Waals surface area contributed by atoms with Gasteiger partial charge in [0.05, 0.1) is 29.1 Å². The van der Waals surface area contributed by atoms with Crippen molar-refractivity contribution in [3.05, 3.63) is 23.3 Å². The smallest absolute Gasteiger partial charge is 0.232 e. The molecule has 1 unspecified atom stereocenters. The van der Waals surface area contributed by atoms with E-state index in [0.717, 1.165) is 40.8 Å². The third-order valence-corrected chi connectivity index (χ3v) is 8.63. The van der Waals surface area contributed by atoms with Crippen molar-refractivity contribution in [1.82, 2.24) is 9.29 Å². The molecule has 0 bridgehead atoms. The van der Waals surface area contributed by atoms with Crippen molar-refractivity contribution in [2.45, 2.75) is 45.6 Å². The van der Waals surface area contributed by atoms with Crippen LogP contribution >= 0.6 is 11.3 Å². The molecule has 3 heterocycles. The van der Waals surface area contributed by atoms with Crippen molar-refractivity contribution in [3.8, 4) is 0 Å². The Kier molecular flexibility index (Phi) is 6.16. The molecule has 1 aromatic heterocycles. The van der Waals surface area contributed by atoms with Crippen LogP contribution in [0.25, 0.3) is 10.2 Å². The maximum absolute atomic E-state index is 13.6. The maximum atomic E-state index is 13.6. The second-order valence-electron chi connectivity index (χ2n) is 8.39. The normalized spacial score (nSPS) is 21.4. The van der Waals surface area contributed by atoms with E-state index in [1.807, 2.05) is 6.92 Å². The molecule has 2 aliphatic rings. The third kappa shape index (κ3) is 4.39. The zero-order valence-corrected chi connectivity index (χ0v) is 19.4. The molecule has 0 radical (unpaired) electrons. The Bertz CT molecular complexity index is 997. The summed E-state index contributed by atoms with van der Waals surface area (Å²) in [4.78, 5) is 20.2. The largest absolute Gasteiger partial charge is 0.376 e. The quantitative estimate of drug-likeness (QED) is 0.698. The Balaban J connectivity index is 1.61. The van der Waals surface area contributed by atoms with Crippen molar-refractivity contribution >= 4 is 42.6 Å². The van der Waals surface area contributed by atoms with Gasteiger partial charge in [0.1, 0.15) is 0 Å². The van der Waals surface area contributed by atoms with Crippen LogP contribution in [0.5, 0.6) is 0 Å². The van der Waals surface area contributed by atoms with Gasteiger partial charge < -0.3 is 4.74 Å². The number of carbonyl (C=O) groups is 1. The number of hydrogen-bond acceptors (Lipinski definition) is 6. The molecule has 4 rings (SSSR count). The highest BCUT2D eigenvalue weighted by atomic mass is 32.2. The number of thiazole rings is 1. The van der Waals surface area contributed by atoms with E-state index in [1.54, 1.807) is 16.2 Å². The van der Waals surface area contributed by atoms with E-state index in [9.17, 15) is 13.2 Å².